The molecule has 0 saturated carbocycles. The van der Waals surface area contributed by atoms with Gasteiger partial charge in [-0.25, -0.2) is 0 Å². The van der Waals surface area contributed by atoms with E-state index in [0.29, 0.717) is 18.3 Å². The van der Waals surface area contributed by atoms with Crippen LogP contribution in [0.15, 0.2) is 34.9 Å². The number of aryl methyl sites for hydroxylation is 1. The van der Waals surface area contributed by atoms with E-state index >= 15 is 0 Å². The lowest BCUT2D eigenvalue weighted by Gasteiger charge is -2.33. The van der Waals surface area contributed by atoms with Crippen molar-refractivity contribution in [2.45, 2.75) is 18.7 Å². The zero-order valence-corrected chi connectivity index (χ0v) is 13.6. The first-order chi connectivity index (χ1) is 10.8. The Bertz CT molecular complexity index is 576. The Kier molecular flexibility index (Phi) is 5.48. The minimum Gasteiger partial charge on any atom is -0.378 e. The SMILES string of the molecule is Cc1noc([C@H]2COCCN2CCSCc2ccccc2)n1. The molecule has 0 bridgehead atoms. The summed E-state index contributed by atoms with van der Waals surface area (Å²) in [5.74, 6) is 3.48. The number of aromatic nitrogens is 2. The molecular weight excluding hydrogens is 298 g/mol. The van der Waals surface area contributed by atoms with Gasteiger partial charge in [0, 0.05) is 24.6 Å². The molecule has 1 fully saturated rings. The van der Waals surface area contributed by atoms with Crippen LogP contribution in [0.25, 0.3) is 0 Å². The fraction of sp³-hybridized carbons (Fsp3) is 0.500. The molecule has 2 aromatic rings. The molecule has 1 atom stereocenters. The highest BCUT2D eigenvalue weighted by Gasteiger charge is 2.28. The van der Waals surface area contributed by atoms with E-state index in [9.17, 15) is 0 Å². The van der Waals surface area contributed by atoms with Crippen LogP contribution < -0.4 is 0 Å². The van der Waals surface area contributed by atoms with Crippen molar-refractivity contribution in [1.82, 2.24) is 15.0 Å². The molecule has 1 aliphatic rings. The van der Waals surface area contributed by atoms with Gasteiger partial charge in [-0.1, -0.05) is 35.5 Å². The monoisotopic (exact) mass is 319 g/mol. The second-order valence-corrected chi connectivity index (χ2v) is 6.45. The van der Waals surface area contributed by atoms with E-state index in [-0.39, 0.29) is 6.04 Å². The molecule has 3 rings (SSSR count). The molecule has 0 N–H and O–H groups in total. The van der Waals surface area contributed by atoms with Gasteiger partial charge in [0.15, 0.2) is 5.82 Å². The summed E-state index contributed by atoms with van der Waals surface area (Å²) in [5, 5.41) is 3.89. The van der Waals surface area contributed by atoms with Crippen molar-refractivity contribution in [2.75, 3.05) is 32.1 Å². The molecule has 6 heteroatoms. The van der Waals surface area contributed by atoms with Crippen molar-refractivity contribution < 1.29 is 9.26 Å². The van der Waals surface area contributed by atoms with Crippen molar-refractivity contribution in [3.8, 4) is 0 Å². The van der Waals surface area contributed by atoms with Crippen LogP contribution in [0.4, 0.5) is 0 Å². The molecule has 22 heavy (non-hydrogen) atoms. The van der Waals surface area contributed by atoms with E-state index < -0.39 is 0 Å². The van der Waals surface area contributed by atoms with E-state index in [0.717, 1.165) is 31.2 Å². The normalized spacial score (nSPS) is 19.4. The molecule has 0 unspecified atom stereocenters. The number of hydrogen-bond acceptors (Lipinski definition) is 6. The fourth-order valence-corrected chi connectivity index (χ4v) is 3.46. The second-order valence-electron chi connectivity index (χ2n) is 5.34. The quantitative estimate of drug-likeness (QED) is 0.763. The summed E-state index contributed by atoms with van der Waals surface area (Å²) in [6.07, 6.45) is 0. The predicted molar refractivity (Wildman–Crippen MR) is 86.8 cm³/mol. The molecule has 0 aliphatic carbocycles. The molecule has 0 amide bonds. The summed E-state index contributed by atoms with van der Waals surface area (Å²) in [6, 6.07) is 10.7. The minimum atomic E-state index is 0.0901. The highest BCUT2D eigenvalue weighted by molar-refractivity contribution is 7.98. The summed E-state index contributed by atoms with van der Waals surface area (Å²) in [5.41, 5.74) is 1.37. The van der Waals surface area contributed by atoms with Crippen molar-refractivity contribution in [1.29, 1.82) is 0 Å². The molecular formula is C16H21N3O2S. The lowest BCUT2D eigenvalue weighted by Crippen LogP contribution is -2.40. The molecule has 1 aliphatic heterocycles. The maximum absolute atomic E-state index is 5.58. The van der Waals surface area contributed by atoms with Gasteiger partial charge in [0.05, 0.1) is 13.2 Å². The van der Waals surface area contributed by atoms with Crippen molar-refractivity contribution in [3.05, 3.63) is 47.6 Å². The average molecular weight is 319 g/mol. The highest BCUT2D eigenvalue weighted by atomic mass is 32.2. The lowest BCUT2D eigenvalue weighted by atomic mass is 10.2. The van der Waals surface area contributed by atoms with Crippen LogP contribution in [0.1, 0.15) is 23.3 Å². The Morgan fingerprint density at radius 3 is 2.95 bits per heavy atom. The lowest BCUT2D eigenvalue weighted by molar-refractivity contribution is -0.0167. The Labute approximate surface area is 135 Å². The van der Waals surface area contributed by atoms with Crippen LogP contribution in [0.2, 0.25) is 0 Å². The van der Waals surface area contributed by atoms with Crippen LogP contribution >= 0.6 is 11.8 Å². The van der Waals surface area contributed by atoms with Gasteiger partial charge in [-0.05, 0) is 12.5 Å². The smallest absolute Gasteiger partial charge is 0.246 e. The molecule has 0 spiro atoms. The number of morpholine rings is 1. The second kappa shape index (κ2) is 7.76. The number of ether oxygens (including phenoxy) is 1. The first kappa shape index (κ1) is 15.5. The number of thioether (sulfide) groups is 1. The summed E-state index contributed by atoms with van der Waals surface area (Å²) < 4.78 is 10.9. The third kappa shape index (κ3) is 4.09. The number of rotatable bonds is 6. The Hall–Kier alpha value is -1.37. The van der Waals surface area contributed by atoms with Gasteiger partial charge < -0.3 is 9.26 Å². The third-order valence-electron chi connectivity index (χ3n) is 3.70. The first-order valence-electron chi connectivity index (χ1n) is 7.56. The van der Waals surface area contributed by atoms with E-state index in [4.69, 9.17) is 9.26 Å². The molecule has 5 nitrogen and oxygen atoms in total. The first-order valence-corrected chi connectivity index (χ1v) is 8.72. The molecule has 2 heterocycles. The Balaban J connectivity index is 1.49. The standard InChI is InChI=1S/C16H21N3O2S/c1-13-17-16(21-18-13)15-11-20-9-7-19(15)8-10-22-12-14-5-3-2-4-6-14/h2-6,15H,7-12H2,1H3/t15-/m1/s1. The topological polar surface area (TPSA) is 51.4 Å². The van der Waals surface area contributed by atoms with Gasteiger partial charge in [0.1, 0.15) is 6.04 Å². The molecule has 118 valence electrons. The van der Waals surface area contributed by atoms with Gasteiger partial charge in [-0.15, -0.1) is 0 Å². The van der Waals surface area contributed by atoms with Gasteiger partial charge in [0.2, 0.25) is 5.89 Å². The van der Waals surface area contributed by atoms with E-state index in [2.05, 4.69) is 45.4 Å². The zero-order chi connectivity index (χ0) is 15.2. The van der Waals surface area contributed by atoms with Gasteiger partial charge >= 0.3 is 0 Å². The third-order valence-corrected chi connectivity index (χ3v) is 4.71. The van der Waals surface area contributed by atoms with Crippen LogP contribution in [0.3, 0.4) is 0 Å². The molecule has 1 aromatic carbocycles. The fourth-order valence-electron chi connectivity index (χ4n) is 2.53. The van der Waals surface area contributed by atoms with Crippen LogP contribution in [-0.4, -0.2) is 47.1 Å². The molecule has 1 aromatic heterocycles. The van der Waals surface area contributed by atoms with Gasteiger partial charge in [-0.2, -0.15) is 16.7 Å². The van der Waals surface area contributed by atoms with Crippen molar-refractivity contribution in [3.63, 3.8) is 0 Å². The van der Waals surface area contributed by atoms with Crippen LogP contribution in [0, 0.1) is 6.92 Å². The number of benzene rings is 1. The number of hydrogen-bond donors (Lipinski definition) is 0. The van der Waals surface area contributed by atoms with Crippen LogP contribution in [0.5, 0.6) is 0 Å². The maximum atomic E-state index is 5.58. The van der Waals surface area contributed by atoms with E-state index in [1.165, 1.54) is 5.56 Å². The van der Waals surface area contributed by atoms with E-state index in [1.54, 1.807) is 0 Å². The predicted octanol–water partition coefficient (Wildman–Crippen LogP) is 2.68. The summed E-state index contributed by atoms with van der Waals surface area (Å²) >= 11 is 1.95. The Morgan fingerprint density at radius 2 is 2.18 bits per heavy atom. The van der Waals surface area contributed by atoms with Gasteiger partial charge in [-0.3, -0.25) is 4.90 Å². The summed E-state index contributed by atoms with van der Waals surface area (Å²) in [7, 11) is 0. The highest BCUT2D eigenvalue weighted by Crippen LogP contribution is 2.23. The average Bonchev–Trinajstić information content (AvgIpc) is 2.99. The van der Waals surface area contributed by atoms with Gasteiger partial charge in [0.25, 0.3) is 0 Å². The summed E-state index contributed by atoms with van der Waals surface area (Å²) in [4.78, 5) is 6.74. The van der Waals surface area contributed by atoms with Crippen LogP contribution in [-0.2, 0) is 10.5 Å². The van der Waals surface area contributed by atoms with Crippen molar-refractivity contribution in [2.24, 2.45) is 0 Å². The van der Waals surface area contributed by atoms with Crippen molar-refractivity contribution >= 4 is 11.8 Å². The number of nitrogens with zero attached hydrogens (tertiary/aromatic N) is 3. The molecule has 0 radical (unpaired) electrons. The minimum absolute atomic E-state index is 0.0901. The maximum Gasteiger partial charge on any atom is 0.246 e. The zero-order valence-electron chi connectivity index (χ0n) is 12.8. The Morgan fingerprint density at radius 1 is 1.32 bits per heavy atom. The van der Waals surface area contributed by atoms with E-state index in [1.807, 2.05) is 18.7 Å². The molecule has 1 saturated heterocycles. The largest absolute Gasteiger partial charge is 0.378 e. The summed E-state index contributed by atoms with van der Waals surface area (Å²) in [6.45, 7) is 5.17.